The largest absolute Gasteiger partial charge is 0.449 e. The van der Waals surface area contributed by atoms with Crippen LogP contribution >= 0.6 is 0 Å². The number of urea groups is 1. The first-order chi connectivity index (χ1) is 13.8. The van der Waals surface area contributed by atoms with Crippen LogP contribution in [0.5, 0.6) is 0 Å². The molecule has 2 rings (SSSR count). The fourth-order valence-electron chi connectivity index (χ4n) is 2.74. The van der Waals surface area contributed by atoms with E-state index < -0.39 is 29.6 Å². The Kier molecular flexibility index (Phi) is 6.84. The van der Waals surface area contributed by atoms with Gasteiger partial charge in [-0.3, -0.25) is 10.1 Å². The number of amides is 3. The van der Waals surface area contributed by atoms with E-state index in [9.17, 15) is 14.4 Å². The number of nitrogens with zero attached hydrogens (tertiary/aromatic N) is 3. The van der Waals surface area contributed by atoms with Crippen LogP contribution in [-0.2, 0) is 9.53 Å². The summed E-state index contributed by atoms with van der Waals surface area (Å²) in [7, 11) is 0. The SMILES string of the molecule is CC(OC(=O)c1cc(C(C)C)nc2c1cnn2C(C)C)C(=O)NC(=O)NC(C)(C)C. The van der Waals surface area contributed by atoms with Crippen LogP contribution in [0.4, 0.5) is 4.79 Å². The van der Waals surface area contributed by atoms with Gasteiger partial charge in [0, 0.05) is 17.3 Å². The standard InChI is InChI=1S/C21H31N5O4/c1-11(2)16-9-14(15-10-22-26(12(3)4)17(15)23-16)19(28)30-13(5)18(27)24-20(29)25-21(6,7)8/h9-13H,1-8H3,(H2,24,25,27,29). The summed E-state index contributed by atoms with van der Waals surface area (Å²) < 4.78 is 7.09. The molecule has 0 fully saturated rings. The molecular formula is C21H31N5O4. The molecule has 1 unspecified atom stereocenters. The molecule has 2 aromatic heterocycles. The van der Waals surface area contributed by atoms with Gasteiger partial charge in [0.25, 0.3) is 5.91 Å². The molecule has 30 heavy (non-hydrogen) atoms. The Morgan fingerprint density at radius 3 is 2.27 bits per heavy atom. The van der Waals surface area contributed by atoms with Gasteiger partial charge in [-0.25, -0.2) is 19.3 Å². The second-order valence-electron chi connectivity index (χ2n) is 8.91. The molecule has 0 saturated carbocycles. The highest BCUT2D eigenvalue weighted by Crippen LogP contribution is 2.25. The van der Waals surface area contributed by atoms with Gasteiger partial charge in [0.1, 0.15) is 0 Å². The second-order valence-corrected chi connectivity index (χ2v) is 8.91. The summed E-state index contributed by atoms with van der Waals surface area (Å²) in [6, 6.07) is 1.08. The summed E-state index contributed by atoms with van der Waals surface area (Å²) in [4.78, 5) is 41.7. The lowest BCUT2D eigenvalue weighted by atomic mass is 10.1. The van der Waals surface area contributed by atoms with Crippen LogP contribution in [-0.4, -0.2) is 44.3 Å². The maximum absolute atomic E-state index is 12.9. The Labute approximate surface area is 176 Å². The molecule has 0 bridgehead atoms. The minimum absolute atomic E-state index is 0.0623. The number of fused-ring (bicyclic) bond motifs is 1. The zero-order chi connectivity index (χ0) is 22.8. The first-order valence-corrected chi connectivity index (χ1v) is 10.0. The Morgan fingerprint density at radius 1 is 1.10 bits per heavy atom. The molecule has 0 aliphatic heterocycles. The topological polar surface area (TPSA) is 115 Å². The number of ether oxygens (including phenoxy) is 1. The minimum atomic E-state index is -1.16. The summed E-state index contributed by atoms with van der Waals surface area (Å²) in [5, 5.41) is 9.69. The van der Waals surface area contributed by atoms with Crippen molar-refractivity contribution in [1.29, 1.82) is 0 Å². The molecule has 2 heterocycles. The Hall–Kier alpha value is -2.97. The number of esters is 1. The molecule has 0 aliphatic rings. The lowest BCUT2D eigenvalue weighted by molar-refractivity contribution is -0.127. The Balaban J connectivity index is 2.25. The van der Waals surface area contributed by atoms with E-state index in [1.807, 2.05) is 27.7 Å². The first kappa shape index (κ1) is 23.3. The van der Waals surface area contributed by atoms with E-state index in [0.29, 0.717) is 11.0 Å². The monoisotopic (exact) mass is 417 g/mol. The van der Waals surface area contributed by atoms with Crippen molar-refractivity contribution in [3.05, 3.63) is 23.5 Å². The average molecular weight is 418 g/mol. The minimum Gasteiger partial charge on any atom is -0.449 e. The molecule has 9 heteroatoms. The van der Waals surface area contributed by atoms with E-state index in [-0.39, 0.29) is 17.5 Å². The van der Waals surface area contributed by atoms with E-state index in [4.69, 9.17) is 4.74 Å². The number of pyridine rings is 1. The van der Waals surface area contributed by atoms with Crippen LogP contribution in [0.25, 0.3) is 11.0 Å². The lowest BCUT2D eigenvalue weighted by Gasteiger charge is -2.21. The van der Waals surface area contributed by atoms with Gasteiger partial charge in [-0.05, 0) is 53.5 Å². The molecule has 3 amide bonds. The smallest absolute Gasteiger partial charge is 0.339 e. The Bertz CT molecular complexity index is 956. The van der Waals surface area contributed by atoms with Crippen molar-refractivity contribution in [2.75, 3.05) is 0 Å². The number of carbonyl (C=O) groups is 3. The molecule has 2 N–H and O–H groups in total. The third kappa shape index (κ3) is 5.55. The fraction of sp³-hybridized carbons (Fsp3) is 0.571. The maximum Gasteiger partial charge on any atom is 0.339 e. The van der Waals surface area contributed by atoms with E-state index in [1.54, 1.807) is 37.7 Å². The van der Waals surface area contributed by atoms with Crippen molar-refractivity contribution in [1.82, 2.24) is 25.4 Å². The van der Waals surface area contributed by atoms with Crippen LogP contribution in [0.1, 0.15) is 83.4 Å². The number of rotatable bonds is 5. The van der Waals surface area contributed by atoms with Gasteiger partial charge in [-0.1, -0.05) is 13.8 Å². The van der Waals surface area contributed by atoms with E-state index >= 15 is 0 Å². The summed E-state index contributed by atoms with van der Waals surface area (Å²) >= 11 is 0. The maximum atomic E-state index is 12.9. The third-order valence-electron chi connectivity index (χ3n) is 4.27. The molecule has 0 saturated heterocycles. The van der Waals surface area contributed by atoms with Crippen molar-refractivity contribution in [2.24, 2.45) is 0 Å². The highest BCUT2D eigenvalue weighted by atomic mass is 16.5. The van der Waals surface area contributed by atoms with Crippen molar-refractivity contribution in [2.45, 2.75) is 79.0 Å². The number of hydrogen-bond acceptors (Lipinski definition) is 6. The van der Waals surface area contributed by atoms with Crippen molar-refractivity contribution in [3.8, 4) is 0 Å². The van der Waals surface area contributed by atoms with E-state index in [1.165, 1.54) is 6.92 Å². The molecule has 0 radical (unpaired) electrons. The van der Waals surface area contributed by atoms with Crippen LogP contribution < -0.4 is 10.6 Å². The van der Waals surface area contributed by atoms with Crippen molar-refractivity contribution in [3.63, 3.8) is 0 Å². The third-order valence-corrected chi connectivity index (χ3v) is 4.27. The first-order valence-electron chi connectivity index (χ1n) is 10.0. The van der Waals surface area contributed by atoms with Gasteiger partial charge >= 0.3 is 12.0 Å². The van der Waals surface area contributed by atoms with Gasteiger partial charge in [0.2, 0.25) is 0 Å². The number of hydrogen-bond donors (Lipinski definition) is 2. The van der Waals surface area contributed by atoms with Crippen molar-refractivity contribution >= 4 is 28.9 Å². The molecule has 1 atom stereocenters. The van der Waals surface area contributed by atoms with Crippen molar-refractivity contribution < 1.29 is 19.1 Å². The van der Waals surface area contributed by atoms with Gasteiger partial charge in [-0.2, -0.15) is 5.10 Å². The molecule has 0 aromatic carbocycles. The molecular weight excluding hydrogens is 386 g/mol. The summed E-state index contributed by atoms with van der Waals surface area (Å²) in [6.07, 6.45) is 0.416. The summed E-state index contributed by atoms with van der Waals surface area (Å²) in [6.45, 7) is 14.7. The number of imide groups is 1. The fourth-order valence-corrected chi connectivity index (χ4v) is 2.74. The van der Waals surface area contributed by atoms with Gasteiger partial charge < -0.3 is 10.1 Å². The molecule has 0 aliphatic carbocycles. The highest BCUT2D eigenvalue weighted by Gasteiger charge is 2.25. The van der Waals surface area contributed by atoms with Crippen LogP contribution in [0, 0.1) is 0 Å². The summed E-state index contributed by atoms with van der Waals surface area (Å²) in [5.41, 5.74) is 1.09. The zero-order valence-corrected chi connectivity index (χ0v) is 18.9. The molecule has 164 valence electrons. The molecule has 0 spiro atoms. The average Bonchev–Trinajstić information content (AvgIpc) is 3.02. The normalized spacial score (nSPS) is 12.9. The number of aromatic nitrogens is 3. The van der Waals surface area contributed by atoms with Gasteiger partial charge in [0.15, 0.2) is 11.8 Å². The zero-order valence-electron chi connectivity index (χ0n) is 18.9. The van der Waals surface area contributed by atoms with E-state index in [0.717, 1.165) is 5.69 Å². The number of nitrogens with one attached hydrogen (secondary N) is 2. The molecule has 9 nitrogen and oxygen atoms in total. The number of carbonyl (C=O) groups excluding carboxylic acids is 3. The Morgan fingerprint density at radius 2 is 1.73 bits per heavy atom. The van der Waals surface area contributed by atoms with Gasteiger partial charge in [0.05, 0.1) is 17.1 Å². The molecule has 2 aromatic rings. The van der Waals surface area contributed by atoms with Crippen LogP contribution in [0.15, 0.2) is 12.3 Å². The van der Waals surface area contributed by atoms with Gasteiger partial charge in [-0.15, -0.1) is 0 Å². The van der Waals surface area contributed by atoms with Crippen LogP contribution in [0.2, 0.25) is 0 Å². The predicted molar refractivity (Wildman–Crippen MR) is 113 cm³/mol. The lowest BCUT2D eigenvalue weighted by Crippen LogP contribution is -2.50. The summed E-state index contributed by atoms with van der Waals surface area (Å²) in [5.74, 6) is -1.30. The quantitative estimate of drug-likeness (QED) is 0.721. The van der Waals surface area contributed by atoms with E-state index in [2.05, 4.69) is 20.7 Å². The highest BCUT2D eigenvalue weighted by molar-refractivity contribution is 6.04. The van der Waals surface area contributed by atoms with Crippen LogP contribution in [0.3, 0.4) is 0 Å². The predicted octanol–water partition coefficient (Wildman–Crippen LogP) is 3.31. The second kappa shape index (κ2) is 8.81.